The molecule has 0 spiro atoms. The van der Waals surface area contributed by atoms with E-state index in [1.54, 1.807) is 13.3 Å². The maximum atomic E-state index is 5.36. The summed E-state index contributed by atoms with van der Waals surface area (Å²) in [6.45, 7) is 6.10. The third-order valence-corrected chi connectivity index (χ3v) is 3.01. The number of aromatic nitrogens is 2. The molecule has 0 aromatic carbocycles. The molecule has 0 bridgehead atoms. The van der Waals surface area contributed by atoms with Crippen molar-refractivity contribution < 1.29 is 4.74 Å². The van der Waals surface area contributed by atoms with E-state index >= 15 is 0 Å². The minimum atomic E-state index is 0.835. The molecule has 1 aromatic rings. The summed E-state index contributed by atoms with van der Waals surface area (Å²) in [6, 6.07) is 0. The summed E-state index contributed by atoms with van der Waals surface area (Å²) < 4.78 is 7.36. The lowest BCUT2D eigenvalue weighted by molar-refractivity contribution is 0.370. The van der Waals surface area contributed by atoms with Crippen LogP contribution in [0.3, 0.4) is 0 Å². The van der Waals surface area contributed by atoms with Crippen LogP contribution < -0.4 is 10.1 Å². The standard InChI is InChI=1S/C15H28N4O/c1-5-9-16-10-7-6-8-14-15(20-4)13-17-19(14)12-11-18(2)3/h6,8,13,16H,5,7,9-12H2,1-4H3/b8-6+. The van der Waals surface area contributed by atoms with Crippen LogP contribution in [0.1, 0.15) is 25.5 Å². The Labute approximate surface area is 122 Å². The van der Waals surface area contributed by atoms with Crippen LogP contribution in [-0.2, 0) is 6.54 Å². The number of rotatable bonds is 10. The van der Waals surface area contributed by atoms with Gasteiger partial charge < -0.3 is 15.0 Å². The molecule has 1 rings (SSSR count). The van der Waals surface area contributed by atoms with Gasteiger partial charge in [-0.2, -0.15) is 5.10 Å². The Bertz CT molecular complexity index is 399. The Hall–Kier alpha value is -1.33. The van der Waals surface area contributed by atoms with Gasteiger partial charge in [0, 0.05) is 6.54 Å². The van der Waals surface area contributed by atoms with Gasteiger partial charge in [0.25, 0.3) is 0 Å². The minimum absolute atomic E-state index is 0.835. The van der Waals surface area contributed by atoms with Crippen molar-refractivity contribution in [3.63, 3.8) is 0 Å². The van der Waals surface area contributed by atoms with E-state index in [4.69, 9.17) is 4.74 Å². The third kappa shape index (κ3) is 5.75. The molecule has 0 aliphatic rings. The van der Waals surface area contributed by atoms with Crippen molar-refractivity contribution in [1.29, 1.82) is 0 Å². The van der Waals surface area contributed by atoms with Crippen molar-refractivity contribution >= 4 is 6.08 Å². The van der Waals surface area contributed by atoms with Gasteiger partial charge in [0.1, 0.15) is 5.69 Å². The summed E-state index contributed by atoms with van der Waals surface area (Å²) in [5.74, 6) is 0.835. The average molecular weight is 280 g/mol. The van der Waals surface area contributed by atoms with Crippen LogP contribution in [0.4, 0.5) is 0 Å². The fourth-order valence-electron chi connectivity index (χ4n) is 1.86. The van der Waals surface area contributed by atoms with E-state index in [9.17, 15) is 0 Å². The van der Waals surface area contributed by atoms with E-state index in [2.05, 4.69) is 48.5 Å². The van der Waals surface area contributed by atoms with E-state index < -0.39 is 0 Å². The Balaban J connectivity index is 2.56. The van der Waals surface area contributed by atoms with Gasteiger partial charge in [-0.3, -0.25) is 4.68 Å². The van der Waals surface area contributed by atoms with Crippen molar-refractivity contribution in [2.45, 2.75) is 26.3 Å². The molecule has 5 heteroatoms. The topological polar surface area (TPSA) is 42.3 Å². The summed E-state index contributed by atoms with van der Waals surface area (Å²) in [4.78, 5) is 2.15. The molecule has 0 unspecified atom stereocenters. The number of methoxy groups -OCH3 is 1. The van der Waals surface area contributed by atoms with E-state index in [1.807, 2.05) is 4.68 Å². The molecule has 0 aliphatic heterocycles. The molecule has 1 N–H and O–H groups in total. The SMILES string of the molecule is CCCNCC/C=C/c1c(OC)cnn1CCN(C)C. The van der Waals surface area contributed by atoms with E-state index in [1.165, 1.54) is 6.42 Å². The summed E-state index contributed by atoms with van der Waals surface area (Å²) >= 11 is 0. The average Bonchev–Trinajstić information content (AvgIpc) is 2.82. The van der Waals surface area contributed by atoms with Crippen LogP contribution in [0.25, 0.3) is 6.08 Å². The van der Waals surface area contributed by atoms with E-state index in [0.29, 0.717) is 0 Å². The zero-order valence-corrected chi connectivity index (χ0v) is 13.2. The van der Waals surface area contributed by atoms with Gasteiger partial charge >= 0.3 is 0 Å². The highest BCUT2D eigenvalue weighted by Crippen LogP contribution is 2.19. The zero-order chi connectivity index (χ0) is 14.8. The molecule has 5 nitrogen and oxygen atoms in total. The van der Waals surface area contributed by atoms with Gasteiger partial charge in [0.05, 0.1) is 19.9 Å². The fourth-order valence-corrected chi connectivity index (χ4v) is 1.86. The lowest BCUT2D eigenvalue weighted by atomic mass is 10.3. The molecule has 20 heavy (non-hydrogen) atoms. The van der Waals surface area contributed by atoms with Crippen molar-refractivity contribution in [2.75, 3.05) is 40.8 Å². The first kappa shape index (κ1) is 16.7. The predicted molar refractivity (Wildman–Crippen MR) is 84.1 cm³/mol. The molecule has 0 saturated carbocycles. The summed E-state index contributed by atoms with van der Waals surface area (Å²) in [5.41, 5.74) is 1.05. The second-order valence-electron chi connectivity index (χ2n) is 5.07. The third-order valence-electron chi connectivity index (χ3n) is 3.01. The summed E-state index contributed by atoms with van der Waals surface area (Å²) in [5, 5.41) is 7.77. The van der Waals surface area contributed by atoms with Crippen LogP contribution in [0, 0.1) is 0 Å². The zero-order valence-electron chi connectivity index (χ0n) is 13.2. The molecule has 0 amide bonds. The highest BCUT2D eigenvalue weighted by molar-refractivity contribution is 5.52. The van der Waals surface area contributed by atoms with Gasteiger partial charge in [-0.1, -0.05) is 13.0 Å². The molecular formula is C15H28N4O. The first-order valence-electron chi connectivity index (χ1n) is 7.30. The minimum Gasteiger partial charge on any atom is -0.493 e. The molecule has 0 atom stereocenters. The monoisotopic (exact) mass is 280 g/mol. The van der Waals surface area contributed by atoms with Gasteiger partial charge in [-0.25, -0.2) is 0 Å². The molecule has 114 valence electrons. The number of ether oxygens (including phenoxy) is 1. The smallest absolute Gasteiger partial charge is 0.164 e. The Morgan fingerprint density at radius 1 is 1.40 bits per heavy atom. The van der Waals surface area contributed by atoms with E-state index in [-0.39, 0.29) is 0 Å². The van der Waals surface area contributed by atoms with Crippen molar-refractivity contribution in [1.82, 2.24) is 20.0 Å². The van der Waals surface area contributed by atoms with Gasteiger partial charge in [-0.05, 0) is 46.1 Å². The summed E-state index contributed by atoms with van der Waals surface area (Å²) in [7, 11) is 5.82. The predicted octanol–water partition coefficient (Wildman–Crippen LogP) is 1.86. The second-order valence-corrected chi connectivity index (χ2v) is 5.07. The number of hydrogen-bond donors (Lipinski definition) is 1. The largest absolute Gasteiger partial charge is 0.493 e. The molecule has 0 aliphatic carbocycles. The van der Waals surface area contributed by atoms with Gasteiger partial charge in [0.2, 0.25) is 0 Å². The van der Waals surface area contributed by atoms with Crippen molar-refractivity contribution in [3.8, 4) is 5.75 Å². The highest BCUT2D eigenvalue weighted by Gasteiger charge is 2.08. The van der Waals surface area contributed by atoms with Crippen LogP contribution >= 0.6 is 0 Å². The summed E-state index contributed by atoms with van der Waals surface area (Å²) in [6.07, 6.45) is 8.25. The van der Waals surface area contributed by atoms with Gasteiger partial charge in [0.15, 0.2) is 5.75 Å². The van der Waals surface area contributed by atoms with E-state index in [0.717, 1.165) is 44.0 Å². The normalized spacial score (nSPS) is 11.7. The van der Waals surface area contributed by atoms with Crippen LogP contribution in [0.2, 0.25) is 0 Å². The molecule has 0 saturated heterocycles. The number of nitrogens with zero attached hydrogens (tertiary/aromatic N) is 3. The first-order chi connectivity index (χ1) is 9.69. The fraction of sp³-hybridized carbons (Fsp3) is 0.667. The number of nitrogens with one attached hydrogen (secondary N) is 1. The maximum absolute atomic E-state index is 5.36. The van der Waals surface area contributed by atoms with Crippen molar-refractivity contribution in [3.05, 3.63) is 18.0 Å². The van der Waals surface area contributed by atoms with Crippen LogP contribution in [0.5, 0.6) is 5.75 Å². The number of likely N-dealkylation sites (N-methyl/N-ethyl adjacent to an activating group) is 1. The molecule has 0 fully saturated rings. The lowest BCUT2D eigenvalue weighted by Gasteiger charge is -2.11. The second kappa shape index (κ2) is 9.55. The Kier molecular flexibility index (Phi) is 7.99. The van der Waals surface area contributed by atoms with Gasteiger partial charge in [-0.15, -0.1) is 0 Å². The first-order valence-corrected chi connectivity index (χ1v) is 7.30. The molecule has 1 aromatic heterocycles. The highest BCUT2D eigenvalue weighted by atomic mass is 16.5. The van der Waals surface area contributed by atoms with Crippen LogP contribution in [0.15, 0.2) is 12.3 Å². The lowest BCUT2D eigenvalue weighted by Crippen LogP contribution is -2.19. The molecule has 0 radical (unpaired) electrons. The Morgan fingerprint density at radius 3 is 2.85 bits per heavy atom. The quantitative estimate of drug-likeness (QED) is 0.664. The molecular weight excluding hydrogens is 252 g/mol. The number of hydrogen-bond acceptors (Lipinski definition) is 4. The maximum Gasteiger partial charge on any atom is 0.164 e. The Morgan fingerprint density at radius 2 is 2.20 bits per heavy atom. The van der Waals surface area contributed by atoms with Crippen molar-refractivity contribution in [2.24, 2.45) is 0 Å². The molecule has 1 heterocycles. The van der Waals surface area contributed by atoms with Crippen LogP contribution in [-0.4, -0.2) is 55.5 Å².